The SMILES string of the molecule is NC(CNC(=O)CCc1ccnc2ccccc12)C1CC1. The van der Waals surface area contributed by atoms with Crippen molar-refractivity contribution in [1.82, 2.24) is 10.3 Å². The summed E-state index contributed by atoms with van der Waals surface area (Å²) in [5.74, 6) is 0.696. The molecule has 1 fully saturated rings. The summed E-state index contributed by atoms with van der Waals surface area (Å²) in [5.41, 5.74) is 8.13. The third-order valence-corrected chi connectivity index (χ3v) is 4.12. The number of amides is 1. The molecule has 3 N–H and O–H groups in total. The van der Waals surface area contributed by atoms with Crippen LogP contribution < -0.4 is 11.1 Å². The number of para-hydroxylation sites is 1. The van der Waals surface area contributed by atoms with Gasteiger partial charge in [0.2, 0.25) is 5.91 Å². The van der Waals surface area contributed by atoms with E-state index >= 15 is 0 Å². The molecule has 0 radical (unpaired) electrons. The molecule has 1 heterocycles. The number of pyridine rings is 1. The molecule has 1 aliphatic rings. The molecule has 1 aromatic carbocycles. The molecular weight excluding hydrogens is 262 g/mol. The van der Waals surface area contributed by atoms with Crippen LogP contribution in [0.15, 0.2) is 36.5 Å². The van der Waals surface area contributed by atoms with Gasteiger partial charge in [0, 0.05) is 30.6 Å². The number of aryl methyl sites for hydroxylation is 1. The van der Waals surface area contributed by atoms with E-state index in [-0.39, 0.29) is 11.9 Å². The van der Waals surface area contributed by atoms with E-state index < -0.39 is 0 Å². The van der Waals surface area contributed by atoms with Crippen molar-refractivity contribution in [3.8, 4) is 0 Å². The number of hydrogen-bond donors (Lipinski definition) is 2. The molecule has 1 amide bonds. The Kier molecular flexibility index (Phi) is 4.15. The number of fused-ring (bicyclic) bond motifs is 1. The van der Waals surface area contributed by atoms with Gasteiger partial charge in [-0.25, -0.2) is 0 Å². The van der Waals surface area contributed by atoms with E-state index in [1.54, 1.807) is 6.20 Å². The molecule has 0 aliphatic heterocycles. The van der Waals surface area contributed by atoms with Gasteiger partial charge in [0.1, 0.15) is 0 Å². The third-order valence-electron chi connectivity index (χ3n) is 4.12. The number of nitrogens with two attached hydrogens (primary N) is 1. The molecule has 4 nitrogen and oxygen atoms in total. The Morgan fingerprint density at radius 2 is 2.14 bits per heavy atom. The summed E-state index contributed by atoms with van der Waals surface area (Å²) >= 11 is 0. The first kappa shape index (κ1) is 14.0. The summed E-state index contributed by atoms with van der Waals surface area (Å²) in [6, 6.07) is 10.1. The topological polar surface area (TPSA) is 68.0 Å². The van der Waals surface area contributed by atoms with E-state index in [9.17, 15) is 4.79 Å². The van der Waals surface area contributed by atoms with Gasteiger partial charge in [-0.05, 0) is 42.9 Å². The Morgan fingerprint density at radius 1 is 1.33 bits per heavy atom. The Morgan fingerprint density at radius 3 is 2.95 bits per heavy atom. The molecule has 3 rings (SSSR count). The number of hydrogen-bond acceptors (Lipinski definition) is 3. The first-order chi connectivity index (χ1) is 10.2. The Bertz CT molecular complexity index is 631. The van der Waals surface area contributed by atoms with Crippen LogP contribution in [0.4, 0.5) is 0 Å². The molecule has 1 aliphatic carbocycles. The summed E-state index contributed by atoms with van der Waals surface area (Å²) in [4.78, 5) is 16.3. The maximum Gasteiger partial charge on any atom is 0.220 e. The van der Waals surface area contributed by atoms with Gasteiger partial charge in [0.05, 0.1) is 5.52 Å². The molecule has 2 aromatic rings. The van der Waals surface area contributed by atoms with Gasteiger partial charge in [-0.3, -0.25) is 9.78 Å². The van der Waals surface area contributed by atoms with Crippen LogP contribution in [0, 0.1) is 5.92 Å². The molecule has 0 saturated heterocycles. The zero-order valence-corrected chi connectivity index (χ0v) is 12.1. The monoisotopic (exact) mass is 283 g/mol. The van der Waals surface area contributed by atoms with E-state index in [1.807, 2.05) is 24.3 Å². The number of nitrogens with zero attached hydrogens (tertiary/aromatic N) is 1. The molecule has 110 valence electrons. The third kappa shape index (κ3) is 3.58. The number of carbonyl (C=O) groups excluding carboxylic acids is 1. The predicted octanol–water partition coefficient (Wildman–Crippen LogP) is 2.02. The quantitative estimate of drug-likeness (QED) is 0.852. The summed E-state index contributed by atoms with van der Waals surface area (Å²) in [5, 5.41) is 4.07. The second kappa shape index (κ2) is 6.22. The normalized spacial score (nSPS) is 15.9. The summed E-state index contributed by atoms with van der Waals surface area (Å²) in [6.45, 7) is 0.598. The van der Waals surface area contributed by atoms with Crippen LogP contribution in [-0.4, -0.2) is 23.5 Å². The fourth-order valence-electron chi connectivity index (χ4n) is 2.63. The molecule has 1 aromatic heterocycles. The highest BCUT2D eigenvalue weighted by Gasteiger charge is 2.28. The van der Waals surface area contributed by atoms with Gasteiger partial charge in [0.15, 0.2) is 0 Å². The lowest BCUT2D eigenvalue weighted by Crippen LogP contribution is -2.38. The molecule has 0 bridgehead atoms. The van der Waals surface area contributed by atoms with E-state index in [0.29, 0.717) is 18.9 Å². The average Bonchev–Trinajstić information content (AvgIpc) is 3.35. The standard InChI is InChI=1S/C17H21N3O/c18-15(13-5-6-13)11-20-17(21)8-7-12-9-10-19-16-4-2-1-3-14(12)16/h1-4,9-10,13,15H,5-8,11,18H2,(H,20,21). The van der Waals surface area contributed by atoms with Crippen LogP contribution >= 0.6 is 0 Å². The number of benzene rings is 1. The van der Waals surface area contributed by atoms with Gasteiger partial charge >= 0.3 is 0 Å². The zero-order valence-electron chi connectivity index (χ0n) is 12.1. The van der Waals surface area contributed by atoms with Crippen LogP contribution in [0.3, 0.4) is 0 Å². The molecule has 1 saturated carbocycles. The van der Waals surface area contributed by atoms with E-state index in [1.165, 1.54) is 18.4 Å². The minimum absolute atomic E-state index is 0.0759. The highest BCUT2D eigenvalue weighted by atomic mass is 16.1. The van der Waals surface area contributed by atoms with E-state index in [4.69, 9.17) is 5.73 Å². The minimum Gasteiger partial charge on any atom is -0.355 e. The van der Waals surface area contributed by atoms with Crippen LogP contribution in [-0.2, 0) is 11.2 Å². The molecule has 4 heteroatoms. The van der Waals surface area contributed by atoms with Crippen LogP contribution in [0.25, 0.3) is 10.9 Å². The Labute approximate surface area is 124 Å². The lowest BCUT2D eigenvalue weighted by molar-refractivity contribution is -0.121. The van der Waals surface area contributed by atoms with Gasteiger partial charge in [-0.2, -0.15) is 0 Å². The second-order valence-electron chi connectivity index (χ2n) is 5.79. The Balaban J connectivity index is 1.54. The van der Waals surface area contributed by atoms with Gasteiger partial charge in [0.25, 0.3) is 0 Å². The van der Waals surface area contributed by atoms with Crippen molar-refractivity contribution in [3.63, 3.8) is 0 Å². The van der Waals surface area contributed by atoms with E-state index in [0.717, 1.165) is 17.3 Å². The highest BCUT2D eigenvalue weighted by Crippen LogP contribution is 2.31. The first-order valence-electron chi connectivity index (χ1n) is 7.59. The van der Waals surface area contributed by atoms with E-state index in [2.05, 4.69) is 16.4 Å². The molecular formula is C17H21N3O. The number of nitrogens with one attached hydrogen (secondary N) is 1. The van der Waals surface area contributed by atoms with Crippen molar-refractivity contribution in [1.29, 1.82) is 0 Å². The average molecular weight is 283 g/mol. The van der Waals surface area contributed by atoms with Crippen LogP contribution in [0.1, 0.15) is 24.8 Å². The lowest BCUT2D eigenvalue weighted by atomic mass is 10.0. The first-order valence-corrected chi connectivity index (χ1v) is 7.59. The maximum atomic E-state index is 11.9. The number of rotatable bonds is 6. The van der Waals surface area contributed by atoms with Crippen LogP contribution in [0.5, 0.6) is 0 Å². The molecule has 0 spiro atoms. The fraction of sp³-hybridized carbons (Fsp3) is 0.412. The van der Waals surface area contributed by atoms with Gasteiger partial charge < -0.3 is 11.1 Å². The number of aromatic nitrogens is 1. The predicted molar refractivity (Wildman–Crippen MR) is 83.8 cm³/mol. The molecule has 21 heavy (non-hydrogen) atoms. The van der Waals surface area contributed by atoms with Crippen molar-refractivity contribution < 1.29 is 4.79 Å². The van der Waals surface area contributed by atoms with Crippen molar-refractivity contribution in [2.45, 2.75) is 31.7 Å². The molecule has 1 unspecified atom stereocenters. The van der Waals surface area contributed by atoms with Crippen LogP contribution in [0.2, 0.25) is 0 Å². The second-order valence-corrected chi connectivity index (χ2v) is 5.79. The van der Waals surface area contributed by atoms with Crippen molar-refractivity contribution in [3.05, 3.63) is 42.1 Å². The van der Waals surface area contributed by atoms with Crippen molar-refractivity contribution in [2.24, 2.45) is 11.7 Å². The van der Waals surface area contributed by atoms with Crippen molar-refractivity contribution in [2.75, 3.05) is 6.54 Å². The smallest absolute Gasteiger partial charge is 0.220 e. The highest BCUT2D eigenvalue weighted by molar-refractivity contribution is 5.83. The molecule has 1 atom stereocenters. The zero-order chi connectivity index (χ0) is 14.7. The van der Waals surface area contributed by atoms with Gasteiger partial charge in [-0.15, -0.1) is 0 Å². The van der Waals surface area contributed by atoms with Gasteiger partial charge in [-0.1, -0.05) is 18.2 Å². The number of carbonyl (C=O) groups is 1. The minimum atomic E-state index is 0.0759. The summed E-state index contributed by atoms with van der Waals surface area (Å²) in [7, 11) is 0. The maximum absolute atomic E-state index is 11.9. The lowest BCUT2D eigenvalue weighted by Gasteiger charge is -2.11. The summed E-state index contributed by atoms with van der Waals surface area (Å²) in [6.07, 6.45) is 5.44. The largest absolute Gasteiger partial charge is 0.355 e. The van der Waals surface area contributed by atoms with Crippen molar-refractivity contribution >= 4 is 16.8 Å². The summed E-state index contributed by atoms with van der Waals surface area (Å²) < 4.78 is 0. The fourth-order valence-corrected chi connectivity index (χ4v) is 2.63. The Hall–Kier alpha value is -1.94.